The molecule has 96 valence electrons. The topological polar surface area (TPSA) is 49.4 Å². The van der Waals surface area contributed by atoms with Gasteiger partial charge in [-0.1, -0.05) is 19.8 Å². The second-order valence-corrected chi connectivity index (χ2v) is 5.39. The molecule has 1 unspecified atom stereocenters. The molecule has 0 aromatic carbocycles. The van der Waals surface area contributed by atoms with Crippen molar-refractivity contribution in [3.05, 3.63) is 0 Å². The molecule has 4 nitrogen and oxygen atoms in total. The number of hydrogen-bond donors (Lipinski definition) is 1. The minimum absolute atomic E-state index is 0.0300. The van der Waals surface area contributed by atoms with E-state index in [1.54, 1.807) is 0 Å². The van der Waals surface area contributed by atoms with E-state index in [1.807, 2.05) is 11.8 Å². The predicted molar refractivity (Wildman–Crippen MR) is 65.4 cm³/mol. The van der Waals surface area contributed by atoms with Crippen LogP contribution in [0.25, 0.3) is 0 Å². The molecule has 2 aliphatic rings. The Morgan fingerprint density at radius 3 is 2.59 bits per heavy atom. The first kappa shape index (κ1) is 12.4. The lowest BCUT2D eigenvalue weighted by Gasteiger charge is -2.33. The van der Waals surface area contributed by atoms with Crippen molar-refractivity contribution in [2.75, 3.05) is 6.54 Å². The summed E-state index contributed by atoms with van der Waals surface area (Å²) in [5.74, 6) is 0.182. The third kappa shape index (κ3) is 2.17. The summed E-state index contributed by atoms with van der Waals surface area (Å²) >= 11 is 0. The Morgan fingerprint density at radius 1 is 1.35 bits per heavy atom. The molecule has 1 saturated carbocycles. The number of rotatable bonds is 2. The number of hydrogen-bond acceptors (Lipinski definition) is 2. The van der Waals surface area contributed by atoms with E-state index >= 15 is 0 Å². The molecule has 2 fully saturated rings. The maximum absolute atomic E-state index is 12.6. The van der Waals surface area contributed by atoms with Crippen LogP contribution >= 0.6 is 0 Å². The van der Waals surface area contributed by atoms with Gasteiger partial charge in [0.05, 0.1) is 0 Å². The van der Waals surface area contributed by atoms with Crippen LogP contribution in [0.4, 0.5) is 0 Å². The Bertz CT molecular complexity index is 321. The molecule has 1 heterocycles. The van der Waals surface area contributed by atoms with E-state index in [1.165, 1.54) is 0 Å². The lowest BCUT2D eigenvalue weighted by atomic mass is 9.95. The molecule has 0 bridgehead atoms. The Balaban J connectivity index is 2.27. The maximum Gasteiger partial charge on any atom is 0.248 e. The van der Waals surface area contributed by atoms with E-state index in [0.717, 1.165) is 38.6 Å². The monoisotopic (exact) mass is 238 g/mol. The van der Waals surface area contributed by atoms with E-state index < -0.39 is 5.54 Å². The van der Waals surface area contributed by atoms with Gasteiger partial charge in [0.1, 0.15) is 5.54 Å². The van der Waals surface area contributed by atoms with Gasteiger partial charge >= 0.3 is 0 Å². The highest BCUT2D eigenvalue weighted by molar-refractivity contribution is 5.94. The number of amides is 2. The van der Waals surface area contributed by atoms with Crippen LogP contribution in [0.5, 0.6) is 0 Å². The smallest absolute Gasteiger partial charge is 0.248 e. The Kier molecular flexibility index (Phi) is 3.40. The van der Waals surface area contributed by atoms with Crippen molar-refractivity contribution in [3.8, 4) is 0 Å². The molecule has 1 N–H and O–H groups in total. The summed E-state index contributed by atoms with van der Waals surface area (Å²) in [5.41, 5.74) is -0.572. The lowest BCUT2D eigenvalue weighted by molar-refractivity contribution is -0.139. The molecular formula is C13H22N2O2. The molecule has 0 aromatic rings. The SMILES string of the molecule is CCCN1C(=O)C2(CCCC2)NC(=O)CC1C. The second kappa shape index (κ2) is 4.67. The molecule has 1 atom stereocenters. The molecule has 2 rings (SSSR count). The van der Waals surface area contributed by atoms with Gasteiger partial charge in [-0.25, -0.2) is 0 Å². The van der Waals surface area contributed by atoms with E-state index in [0.29, 0.717) is 6.42 Å². The summed E-state index contributed by atoms with van der Waals surface area (Å²) in [4.78, 5) is 26.4. The van der Waals surface area contributed by atoms with Crippen molar-refractivity contribution in [3.63, 3.8) is 0 Å². The summed E-state index contributed by atoms with van der Waals surface area (Å²) in [5, 5.41) is 2.99. The van der Waals surface area contributed by atoms with Crippen LogP contribution in [0.3, 0.4) is 0 Å². The fourth-order valence-corrected chi connectivity index (χ4v) is 3.11. The van der Waals surface area contributed by atoms with Crippen molar-refractivity contribution in [1.29, 1.82) is 0 Å². The summed E-state index contributed by atoms with van der Waals surface area (Å²) in [6, 6.07) is 0.0300. The van der Waals surface area contributed by atoms with E-state index in [9.17, 15) is 9.59 Å². The van der Waals surface area contributed by atoms with Gasteiger partial charge < -0.3 is 10.2 Å². The third-order valence-corrected chi connectivity index (χ3v) is 3.98. The second-order valence-electron chi connectivity index (χ2n) is 5.39. The van der Waals surface area contributed by atoms with Crippen LogP contribution < -0.4 is 5.32 Å². The minimum Gasteiger partial charge on any atom is -0.342 e. The zero-order valence-corrected chi connectivity index (χ0v) is 10.8. The molecule has 1 saturated heterocycles. The minimum atomic E-state index is -0.572. The quantitative estimate of drug-likeness (QED) is 0.791. The van der Waals surface area contributed by atoms with E-state index in [4.69, 9.17) is 0 Å². The summed E-state index contributed by atoms with van der Waals surface area (Å²) in [6.45, 7) is 4.80. The molecule has 0 radical (unpaired) electrons. The molecule has 0 aromatic heterocycles. The van der Waals surface area contributed by atoms with Crippen molar-refractivity contribution in [1.82, 2.24) is 10.2 Å². The van der Waals surface area contributed by atoms with Crippen LogP contribution in [0.1, 0.15) is 52.4 Å². The van der Waals surface area contributed by atoms with Crippen LogP contribution in [0.15, 0.2) is 0 Å². The van der Waals surface area contributed by atoms with Crippen molar-refractivity contribution in [2.24, 2.45) is 0 Å². The van der Waals surface area contributed by atoms with E-state index in [-0.39, 0.29) is 17.9 Å². The van der Waals surface area contributed by atoms with Crippen LogP contribution in [0, 0.1) is 0 Å². The first-order valence-electron chi connectivity index (χ1n) is 6.71. The Labute approximate surface area is 103 Å². The van der Waals surface area contributed by atoms with Gasteiger partial charge in [-0.05, 0) is 26.2 Å². The summed E-state index contributed by atoms with van der Waals surface area (Å²) in [7, 11) is 0. The molecule has 1 aliphatic heterocycles. The number of nitrogens with zero attached hydrogens (tertiary/aromatic N) is 1. The molecule has 17 heavy (non-hydrogen) atoms. The average molecular weight is 238 g/mol. The van der Waals surface area contributed by atoms with Crippen LogP contribution in [0.2, 0.25) is 0 Å². The number of nitrogens with one attached hydrogen (secondary N) is 1. The Hall–Kier alpha value is -1.06. The van der Waals surface area contributed by atoms with Crippen molar-refractivity contribution in [2.45, 2.75) is 64.0 Å². The largest absolute Gasteiger partial charge is 0.342 e. The highest BCUT2D eigenvalue weighted by Gasteiger charge is 2.47. The molecular weight excluding hydrogens is 216 g/mol. The van der Waals surface area contributed by atoms with Gasteiger partial charge in [0, 0.05) is 19.0 Å². The average Bonchev–Trinajstić information content (AvgIpc) is 2.70. The van der Waals surface area contributed by atoms with Gasteiger partial charge in [-0.3, -0.25) is 9.59 Å². The first-order chi connectivity index (χ1) is 8.09. The standard InChI is InChI=1S/C13H22N2O2/c1-3-8-15-10(2)9-11(16)14-13(12(15)17)6-4-5-7-13/h10H,3-9H2,1-2H3,(H,14,16). The van der Waals surface area contributed by atoms with Gasteiger partial charge in [-0.2, -0.15) is 0 Å². The summed E-state index contributed by atoms with van der Waals surface area (Å²) in [6.07, 6.45) is 5.09. The zero-order chi connectivity index (χ0) is 12.5. The first-order valence-corrected chi connectivity index (χ1v) is 6.71. The summed E-state index contributed by atoms with van der Waals surface area (Å²) < 4.78 is 0. The molecule has 4 heteroatoms. The lowest BCUT2D eigenvalue weighted by Crippen LogP contribution is -2.56. The van der Waals surface area contributed by atoms with E-state index in [2.05, 4.69) is 12.2 Å². The highest BCUT2D eigenvalue weighted by atomic mass is 16.2. The molecule has 1 aliphatic carbocycles. The Morgan fingerprint density at radius 2 is 2.00 bits per heavy atom. The van der Waals surface area contributed by atoms with Gasteiger partial charge in [0.2, 0.25) is 11.8 Å². The van der Waals surface area contributed by atoms with Crippen LogP contribution in [-0.4, -0.2) is 34.8 Å². The molecule has 2 amide bonds. The fraction of sp³-hybridized carbons (Fsp3) is 0.846. The van der Waals surface area contributed by atoms with Gasteiger partial charge in [0.25, 0.3) is 0 Å². The van der Waals surface area contributed by atoms with Crippen LogP contribution in [-0.2, 0) is 9.59 Å². The zero-order valence-electron chi connectivity index (χ0n) is 10.8. The van der Waals surface area contributed by atoms with Crippen molar-refractivity contribution >= 4 is 11.8 Å². The number of carbonyl (C=O) groups excluding carboxylic acids is 2. The highest BCUT2D eigenvalue weighted by Crippen LogP contribution is 2.34. The maximum atomic E-state index is 12.6. The third-order valence-electron chi connectivity index (χ3n) is 3.98. The number of carbonyl (C=O) groups is 2. The van der Waals surface area contributed by atoms with Gasteiger partial charge in [0.15, 0.2) is 0 Å². The van der Waals surface area contributed by atoms with Gasteiger partial charge in [-0.15, -0.1) is 0 Å². The van der Waals surface area contributed by atoms with Crippen molar-refractivity contribution < 1.29 is 9.59 Å². The fourth-order valence-electron chi connectivity index (χ4n) is 3.11. The molecule has 1 spiro atoms. The normalized spacial score (nSPS) is 28.4. The predicted octanol–water partition coefficient (Wildman–Crippen LogP) is 1.45.